The van der Waals surface area contributed by atoms with E-state index in [4.69, 9.17) is 19.4 Å². The van der Waals surface area contributed by atoms with Crippen LogP contribution in [0.4, 0.5) is 0 Å². The molecule has 0 fully saturated rings. The average Bonchev–Trinajstić information content (AvgIpc) is 3.87. The van der Waals surface area contributed by atoms with Crippen molar-refractivity contribution in [2.45, 2.75) is 0 Å². The first-order valence-corrected chi connectivity index (χ1v) is 19.5. The van der Waals surface area contributed by atoms with Crippen LogP contribution in [-0.2, 0) is 0 Å². The van der Waals surface area contributed by atoms with E-state index in [9.17, 15) is 10.5 Å². The smallest absolute Gasteiger partial charge is 0.166 e. The number of para-hydroxylation sites is 3. The fraction of sp³-hybridized carbons (Fsp3) is 0. The Labute approximate surface area is 344 Å². The van der Waals surface area contributed by atoms with Crippen molar-refractivity contribution in [3.05, 3.63) is 193 Å². The zero-order valence-electron chi connectivity index (χ0n) is 31.9. The van der Waals surface area contributed by atoms with Crippen LogP contribution in [0.15, 0.2) is 186 Å². The van der Waals surface area contributed by atoms with Crippen molar-refractivity contribution < 1.29 is 4.42 Å². The normalized spacial score (nSPS) is 11.3. The molecule has 0 saturated heterocycles. The summed E-state index contributed by atoms with van der Waals surface area (Å²) in [5.41, 5.74) is 11.6. The first-order valence-electron chi connectivity index (χ1n) is 19.5. The van der Waals surface area contributed by atoms with Crippen molar-refractivity contribution in [2.75, 3.05) is 0 Å². The third kappa shape index (κ3) is 5.77. The summed E-state index contributed by atoms with van der Waals surface area (Å²) in [7, 11) is 0. The molecule has 0 aliphatic carbocycles. The molecule has 0 bridgehead atoms. The first kappa shape index (κ1) is 34.6. The highest BCUT2D eigenvalue weighted by atomic mass is 16.3. The second-order valence-electron chi connectivity index (χ2n) is 14.7. The van der Waals surface area contributed by atoms with Crippen molar-refractivity contribution in [1.29, 1.82) is 10.5 Å². The SMILES string of the molecule is N#Cc1cc(C#N)cc(-c2ccc3c(c2)c2ccccc2n3-c2ccc(-c3cccc4c3oc3ccccc34)cc2-c2nc(-c3ccccc3)nc(-c3ccccc3)n2)c1. The fourth-order valence-electron chi connectivity index (χ4n) is 8.32. The summed E-state index contributed by atoms with van der Waals surface area (Å²) in [6, 6.07) is 65.2. The minimum Gasteiger partial charge on any atom is -0.455 e. The number of furan rings is 1. The number of rotatable bonds is 6. The molecule has 0 amide bonds. The minimum atomic E-state index is 0.441. The van der Waals surface area contributed by atoms with E-state index >= 15 is 0 Å². The molecular formula is C53H30N6O. The predicted molar refractivity (Wildman–Crippen MR) is 238 cm³/mol. The van der Waals surface area contributed by atoms with Crippen LogP contribution in [0.3, 0.4) is 0 Å². The Morgan fingerprint density at radius 2 is 1.00 bits per heavy atom. The molecule has 278 valence electrons. The van der Waals surface area contributed by atoms with Gasteiger partial charge in [-0.1, -0.05) is 127 Å². The third-order valence-electron chi connectivity index (χ3n) is 11.1. The molecule has 3 heterocycles. The highest BCUT2D eigenvalue weighted by Gasteiger charge is 2.22. The van der Waals surface area contributed by atoms with Crippen LogP contribution in [0.1, 0.15) is 11.1 Å². The fourth-order valence-corrected chi connectivity index (χ4v) is 8.32. The van der Waals surface area contributed by atoms with Gasteiger partial charge in [-0.25, -0.2) is 15.0 Å². The summed E-state index contributed by atoms with van der Waals surface area (Å²) >= 11 is 0. The third-order valence-corrected chi connectivity index (χ3v) is 11.1. The van der Waals surface area contributed by atoms with E-state index in [1.165, 1.54) is 0 Å². The Hall–Kier alpha value is -8.65. The zero-order valence-corrected chi connectivity index (χ0v) is 31.9. The van der Waals surface area contributed by atoms with E-state index < -0.39 is 0 Å². The van der Waals surface area contributed by atoms with Crippen molar-refractivity contribution in [1.82, 2.24) is 19.5 Å². The number of hydrogen-bond acceptors (Lipinski definition) is 6. The first-order chi connectivity index (χ1) is 29.6. The van der Waals surface area contributed by atoms with Crippen LogP contribution in [0, 0.1) is 22.7 Å². The summed E-state index contributed by atoms with van der Waals surface area (Å²) in [6.45, 7) is 0. The van der Waals surface area contributed by atoms with E-state index in [0.29, 0.717) is 28.6 Å². The van der Waals surface area contributed by atoms with Gasteiger partial charge in [0, 0.05) is 43.8 Å². The maximum atomic E-state index is 9.75. The molecule has 7 nitrogen and oxygen atoms in total. The van der Waals surface area contributed by atoms with Gasteiger partial charge in [0.15, 0.2) is 17.5 Å². The quantitative estimate of drug-likeness (QED) is 0.167. The standard InChI is InChI=1S/C53H30N6O/c54-31-33-26-34(32-55)28-39(27-33)37-22-24-47-44(29-37)41-16-7-9-20-46(41)59(47)48-25-23-38(40-18-11-19-43-42-17-8-10-21-49(42)60-50(40)43)30-45(48)53-57-51(35-12-3-1-4-13-35)56-52(58-53)36-14-5-2-6-15-36/h1-30H. The molecule has 8 aromatic carbocycles. The number of nitrogens with zero attached hydrogens (tertiary/aromatic N) is 6. The highest BCUT2D eigenvalue weighted by Crippen LogP contribution is 2.42. The Bertz CT molecular complexity index is 3480. The highest BCUT2D eigenvalue weighted by molar-refractivity contribution is 6.12. The van der Waals surface area contributed by atoms with Gasteiger partial charge in [-0.3, -0.25) is 0 Å². The largest absolute Gasteiger partial charge is 0.455 e. The summed E-state index contributed by atoms with van der Waals surface area (Å²) < 4.78 is 8.82. The van der Waals surface area contributed by atoms with Crippen LogP contribution >= 0.6 is 0 Å². The second kappa shape index (κ2) is 14.1. The molecule has 0 spiro atoms. The maximum absolute atomic E-state index is 9.75. The summed E-state index contributed by atoms with van der Waals surface area (Å²) in [4.78, 5) is 15.5. The van der Waals surface area contributed by atoms with Gasteiger partial charge < -0.3 is 8.98 Å². The Morgan fingerprint density at radius 3 is 1.72 bits per heavy atom. The van der Waals surface area contributed by atoms with Gasteiger partial charge in [-0.05, 0) is 71.3 Å². The molecule has 3 aromatic heterocycles. The van der Waals surface area contributed by atoms with Gasteiger partial charge in [0.2, 0.25) is 0 Å². The number of benzene rings is 8. The van der Waals surface area contributed by atoms with Gasteiger partial charge in [-0.2, -0.15) is 10.5 Å². The lowest BCUT2D eigenvalue weighted by Gasteiger charge is -2.16. The van der Waals surface area contributed by atoms with Gasteiger partial charge in [0.05, 0.1) is 40.0 Å². The van der Waals surface area contributed by atoms with Crippen molar-refractivity contribution in [3.63, 3.8) is 0 Å². The molecular weight excluding hydrogens is 737 g/mol. The van der Waals surface area contributed by atoms with E-state index in [1.54, 1.807) is 6.07 Å². The van der Waals surface area contributed by atoms with Crippen LogP contribution < -0.4 is 0 Å². The number of hydrogen-bond donors (Lipinski definition) is 0. The van der Waals surface area contributed by atoms with Crippen LogP contribution in [0.2, 0.25) is 0 Å². The van der Waals surface area contributed by atoms with Crippen molar-refractivity contribution in [3.8, 4) is 74.2 Å². The molecule has 0 unspecified atom stereocenters. The van der Waals surface area contributed by atoms with Crippen molar-refractivity contribution >= 4 is 43.7 Å². The Kier molecular flexibility index (Phi) is 8.11. The number of fused-ring (bicyclic) bond motifs is 6. The summed E-state index contributed by atoms with van der Waals surface area (Å²) in [5.74, 6) is 1.66. The molecule has 60 heavy (non-hydrogen) atoms. The van der Waals surface area contributed by atoms with Gasteiger partial charge >= 0.3 is 0 Å². The summed E-state index contributed by atoms with van der Waals surface area (Å²) in [6.07, 6.45) is 0. The molecule has 11 rings (SSSR count). The van der Waals surface area contributed by atoms with Crippen LogP contribution in [0.5, 0.6) is 0 Å². The molecule has 0 aliphatic rings. The number of aromatic nitrogens is 4. The molecule has 0 radical (unpaired) electrons. The van der Waals surface area contributed by atoms with Crippen molar-refractivity contribution in [2.24, 2.45) is 0 Å². The lowest BCUT2D eigenvalue weighted by molar-refractivity contribution is 0.670. The minimum absolute atomic E-state index is 0.441. The van der Waals surface area contributed by atoms with Gasteiger partial charge in [0.25, 0.3) is 0 Å². The molecule has 11 aromatic rings. The average molecular weight is 767 g/mol. The molecule has 0 saturated carbocycles. The molecule has 7 heteroatoms. The van der Waals surface area contributed by atoms with E-state index in [2.05, 4.69) is 95.6 Å². The van der Waals surface area contributed by atoms with Crippen LogP contribution in [0.25, 0.3) is 106 Å². The monoisotopic (exact) mass is 766 g/mol. The molecule has 0 atom stereocenters. The zero-order chi connectivity index (χ0) is 40.2. The molecule has 0 N–H and O–H groups in total. The predicted octanol–water partition coefficient (Wildman–Crippen LogP) is 12.9. The second-order valence-corrected chi connectivity index (χ2v) is 14.7. The van der Waals surface area contributed by atoms with Crippen LogP contribution in [-0.4, -0.2) is 19.5 Å². The number of nitriles is 2. The lowest BCUT2D eigenvalue weighted by atomic mass is 9.98. The summed E-state index contributed by atoms with van der Waals surface area (Å²) in [5, 5.41) is 23.7. The lowest BCUT2D eigenvalue weighted by Crippen LogP contribution is -2.04. The van der Waals surface area contributed by atoms with E-state index in [1.807, 2.05) is 97.1 Å². The Balaban J connectivity index is 1.20. The Morgan fingerprint density at radius 1 is 0.400 bits per heavy atom. The van der Waals surface area contributed by atoms with E-state index in [-0.39, 0.29) is 0 Å². The van der Waals surface area contributed by atoms with Gasteiger partial charge in [-0.15, -0.1) is 0 Å². The maximum Gasteiger partial charge on any atom is 0.166 e. The van der Waals surface area contributed by atoms with Gasteiger partial charge in [0.1, 0.15) is 11.2 Å². The topological polar surface area (TPSA) is 104 Å². The van der Waals surface area contributed by atoms with E-state index in [0.717, 1.165) is 88.4 Å². The molecule has 0 aliphatic heterocycles.